The van der Waals surface area contributed by atoms with Gasteiger partial charge < -0.3 is 24.6 Å². The van der Waals surface area contributed by atoms with Gasteiger partial charge in [-0.1, -0.05) is 6.07 Å². The number of aliphatic carboxylic acids is 1. The highest BCUT2D eigenvalue weighted by Crippen LogP contribution is 2.34. The van der Waals surface area contributed by atoms with Crippen molar-refractivity contribution in [3.63, 3.8) is 0 Å². The second-order valence-electron chi connectivity index (χ2n) is 9.90. The summed E-state index contributed by atoms with van der Waals surface area (Å²) in [5, 5.41) is 21.8. The summed E-state index contributed by atoms with van der Waals surface area (Å²) < 4.78 is 46.7. The van der Waals surface area contributed by atoms with Crippen molar-refractivity contribution in [1.29, 1.82) is 0 Å². The Hall–Kier alpha value is -3.02. The molecule has 2 heterocycles. The Morgan fingerprint density at radius 2 is 2.02 bits per heavy atom. The molecular formula is C29H33F3N2O5S. The summed E-state index contributed by atoms with van der Waals surface area (Å²) >= 11 is 1.44. The highest BCUT2D eigenvalue weighted by Gasteiger charge is 2.34. The van der Waals surface area contributed by atoms with Crippen LogP contribution in [0, 0.1) is 11.8 Å². The fourth-order valence-electron chi connectivity index (χ4n) is 5.23. The molecule has 7 nitrogen and oxygen atoms in total. The first-order valence-corrected chi connectivity index (χ1v) is 14.2. The van der Waals surface area contributed by atoms with Crippen molar-refractivity contribution in [1.82, 2.24) is 9.88 Å². The van der Waals surface area contributed by atoms with Crippen LogP contribution in [-0.2, 0) is 4.79 Å². The number of pyridine rings is 1. The van der Waals surface area contributed by atoms with Crippen LogP contribution in [-0.4, -0.2) is 64.9 Å². The van der Waals surface area contributed by atoms with E-state index in [4.69, 9.17) is 4.74 Å². The molecule has 1 aliphatic rings. The molecule has 0 aliphatic carbocycles. The number of carboxylic acid groups (broad SMARTS) is 1. The molecule has 0 unspecified atom stereocenters. The second kappa shape index (κ2) is 13.6. The van der Waals surface area contributed by atoms with Crippen molar-refractivity contribution in [2.75, 3.05) is 32.5 Å². The number of halogens is 3. The van der Waals surface area contributed by atoms with Crippen molar-refractivity contribution in [2.45, 2.75) is 43.0 Å². The van der Waals surface area contributed by atoms with E-state index in [1.165, 1.54) is 30.0 Å². The zero-order valence-corrected chi connectivity index (χ0v) is 23.0. The summed E-state index contributed by atoms with van der Waals surface area (Å²) in [7, 11) is 1.58. The van der Waals surface area contributed by atoms with Gasteiger partial charge in [-0.3, -0.25) is 9.78 Å². The Bertz CT molecular complexity index is 1290. The minimum Gasteiger partial charge on any atom is -0.497 e. The maximum atomic E-state index is 12.5. The van der Waals surface area contributed by atoms with Gasteiger partial charge in [0.1, 0.15) is 11.5 Å². The zero-order valence-electron chi connectivity index (χ0n) is 22.1. The summed E-state index contributed by atoms with van der Waals surface area (Å²) in [6.45, 7) is 1.90. The number of fused-ring (bicyclic) bond motifs is 1. The number of aromatic nitrogens is 1. The van der Waals surface area contributed by atoms with Gasteiger partial charge in [0.25, 0.3) is 0 Å². The first-order chi connectivity index (χ1) is 19.1. The number of ether oxygens (including phenoxy) is 2. The molecule has 2 aromatic carbocycles. The van der Waals surface area contributed by atoms with E-state index < -0.39 is 24.4 Å². The normalized spacial score (nSPS) is 18.9. The molecule has 1 fully saturated rings. The highest BCUT2D eigenvalue weighted by molar-refractivity contribution is 7.99. The number of nitrogens with zero attached hydrogens (tertiary/aromatic N) is 2. The van der Waals surface area contributed by atoms with Crippen LogP contribution < -0.4 is 9.47 Å². The number of likely N-dealkylation sites (tertiary alicyclic amines) is 1. The number of thioether (sulfide) groups is 1. The lowest BCUT2D eigenvalue weighted by Crippen LogP contribution is -2.44. The third kappa shape index (κ3) is 8.25. The zero-order chi connectivity index (χ0) is 28.7. The first kappa shape index (κ1) is 30.0. The van der Waals surface area contributed by atoms with Gasteiger partial charge in [-0.25, -0.2) is 0 Å². The van der Waals surface area contributed by atoms with Gasteiger partial charge in [0.2, 0.25) is 0 Å². The molecule has 1 aliphatic heterocycles. The molecule has 0 bridgehead atoms. The molecule has 216 valence electrons. The van der Waals surface area contributed by atoms with E-state index in [1.807, 2.05) is 18.2 Å². The number of methoxy groups -OCH3 is 1. The molecule has 1 aromatic heterocycles. The maximum Gasteiger partial charge on any atom is 0.573 e. The Kier molecular flexibility index (Phi) is 10.2. The van der Waals surface area contributed by atoms with Crippen LogP contribution in [0.4, 0.5) is 13.2 Å². The van der Waals surface area contributed by atoms with Crippen molar-refractivity contribution < 1.29 is 37.7 Å². The van der Waals surface area contributed by atoms with Crippen molar-refractivity contribution in [2.24, 2.45) is 11.8 Å². The van der Waals surface area contributed by atoms with Gasteiger partial charge in [-0.05, 0) is 98.5 Å². The number of aliphatic hydroxyl groups is 1. The topological polar surface area (TPSA) is 92.1 Å². The van der Waals surface area contributed by atoms with Crippen LogP contribution >= 0.6 is 11.8 Å². The SMILES string of the molecule is COc1ccc2nccc([C@H](O)CC[C@@H]3CCN(CCCSc4cccc(OC(F)(F)F)c4)C[C@@H]3C(=O)O)c2c1. The number of carboxylic acids is 1. The van der Waals surface area contributed by atoms with Gasteiger partial charge >= 0.3 is 12.3 Å². The van der Waals surface area contributed by atoms with Gasteiger partial charge in [0.15, 0.2) is 0 Å². The molecule has 2 N–H and O–H groups in total. The fraction of sp³-hybridized carbons (Fsp3) is 0.448. The number of hydrogen-bond acceptors (Lipinski definition) is 7. The minimum absolute atomic E-state index is 0.0446. The number of carbonyl (C=O) groups is 1. The molecule has 0 spiro atoms. The lowest BCUT2D eigenvalue weighted by atomic mass is 9.81. The summed E-state index contributed by atoms with van der Waals surface area (Å²) in [6.07, 6.45) is -1.29. The number of alkyl halides is 3. The summed E-state index contributed by atoms with van der Waals surface area (Å²) in [6, 6.07) is 13.2. The van der Waals surface area contributed by atoms with Crippen LogP contribution in [0.2, 0.25) is 0 Å². The number of piperidine rings is 1. The van der Waals surface area contributed by atoms with Crippen LogP contribution in [0.5, 0.6) is 11.5 Å². The smallest absolute Gasteiger partial charge is 0.497 e. The minimum atomic E-state index is -4.73. The molecule has 0 saturated carbocycles. The average molecular weight is 579 g/mol. The highest BCUT2D eigenvalue weighted by atomic mass is 32.2. The third-order valence-electron chi connectivity index (χ3n) is 7.24. The predicted molar refractivity (Wildman–Crippen MR) is 147 cm³/mol. The number of benzene rings is 2. The number of rotatable bonds is 12. The van der Waals surface area contributed by atoms with E-state index in [1.54, 1.807) is 25.4 Å². The molecular weight excluding hydrogens is 545 g/mol. The predicted octanol–water partition coefficient (Wildman–Crippen LogP) is 6.16. The molecule has 4 rings (SSSR count). The van der Waals surface area contributed by atoms with Crippen LogP contribution in [0.25, 0.3) is 10.9 Å². The number of hydrogen-bond donors (Lipinski definition) is 2. The Labute approximate surface area is 235 Å². The molecule has 1 saturated heterocycles. The third-order valence-corrected chi connectivity index (χ3v) is 8.32. The van der Waals surface area contributed by atoms with E-state index in [2.05, 4.69) is 14.6 Å². The van der Waals surface area contributed by atoms with E-state index >= 15 is 0 Å². The number of aliphatic hydroxyl groups excluding tert-OH is 1. The monoisotopic (exact) mass is 578 g/mol. The lowest BCUT2D eigenvalue weighted by Gasteiger charge is -2.37. The largest absolute Gasteiger partial charge is 0.573 e. The van der Waals surface area contributed by atoms with Gasteiger partial charge in [0.05, 0.1) is 24.6 Å². The van der Waals surface area contributed by atoms with Crippen molar-refractivity contribution in [3.05, 3.63) is 60.3 Å². The van der Waals surface area contributed by atoms with Gasteiger partial charge in [-0.15, -0.1) is 24.9 Å². The van der Waals surface area contributed by atoms with Crippen LogP contribution in [0.15, 0.2) is 59.6 Å². The Morgan fingerprint density at radius 1 is 1.20 bits per heavy atom. The summed E-state index contributed by atoms with van der Waals surface area (Å²) in [5.41, 5.74) is 1.51. The second-order valence-corrected chi connectivity index (χ2v) is 11.1. The Morgan fingerprint density at radius 3 is 2.77 bits per heavy atom. The van der Waals surface area contributed by atoms with Crippen molar-refractivity contribution >= 4 is 28.6 Å². The van der Waals surface area contributed by atoms with Gasteiger partial charge in [-0.2, -0.15) is 0 Å². The van der Waals surface area contributed by atoms with E-state index in [-0.39, 0.29) is 11.7 Å². The first-order valence-electron chi connectivity index (χ1n) is 13.2. The molecule has 0 radical (unpaired) electrons. The molecule has 3 aromatic rings. The van der Waals surface area contributed by atoms with Gasteiger partial charge in [0, 0.05) is 23.0 Å². The van der Waals surface area contributed by atoms with E-state index in [9.17, 15) is 28.2 Å². The average Bonchev–Trinajstić information content (AvgIpc) is 2.93. The quantitative estimate of drug-likeness (QED) is 0.195. The summed E-state index contributed by atoms with van der Waals surface area (Å²) in [4.78, 5) is 19.3. The van der Waals surface area contributed by atoms with E-state index in [0.29, 0.717) is 42.3 Å². The molecule has 3 atom stereocenters. The lowest BCUT2D eigenvalue weighted by molar-refractivity contribution is -0.274. The Balaban J connectivity index is 1.26. The van der Waals surface area contributed by atoms with E-state index in [0.717, 1.165) is 35.9 Å². The molecule has 11 heteroatoms. The molecule has 40 heavy (non-hydrogen) atoms. The van der Waals surface area contributed by atoms with Crippen LogP contribution in [0.1, 0.15) is 37.4 Å². The van der Waals surface area contributed by atoms with Crippen molar-refractivity contribution in [3.8, 4) is 11.5 Å². The standard InChI is InChI=1S/C29H33F3N2O5S/c1-38-20-7-8-26-24(17-20)23(10-12-33-26)27(35)9-6-19-11-14-34(18-25(19)28(36)37)13-3-15-40-22-5-2-4-21(16-22)39-29(30,31)32/h2,4-5,7-8,10,12,16-17,19,25,27,35H,3,6,9,11,13-15,18H2,1H3,(H,36,37)/t19-,25+,27-/m1/s1. The fourth-order valence-corrected chi connectivity index (χ4v) is 6.11. The summed E-state index contributed by atoms with van der Waals surface area (Å²) in [5.74, 6) is -0.292. The van der Waals surface area contributed by atoms with Crippen LogP contribution in [0.3, 0.4) is 0 Å². The molecule has 0 amide bonds. The maximum absolute atomic E-state index is 12.5.